The Morgan fingerprint density at radius 2 is 1.81 bits per heavy atom. The molecule has 0 bridgehead atoms. The number of unbranched alkanes of at least 4 members (excludes halogenated alkanes) is 3. The molecule has 1 aliphatic rings. The van der Waals surface area contributed by atoms with Crippen molar-refractivity contribution in [2.24, 2.45) is 11.8 Å². The quantitative estimate of drug-likeness (QED) is 0.616. The number of hydrogen-bond donors (Lipinski definition) is 1. The Bertz CT molecular complexity index is 164. The lowest BCUT2D eigenvalue weighted by Crippen LogP contribution is -2.43. The van der Waals surface area contributed by atoms with Crippen molar-refractivity contribution >= 4 is 11.8 Å². The molecule has 0 aromatic heterocycles. The average molecular weight is 243 g/mol. The van der Waals surface area contributed by atoms with Gasteiger partial charge in [0.2, 0.25) is 0 Å². The molecule has 1 rings (SSSR count). The van der Waals surface area contributed by atoms with Gasteiger partial charge in [0.05, 0.1) is 0 Å². The van der Waals surface area contributed by atoms with Crippen LogP contribution in [0.1, 0.15) is 52.4 Å². The molecule has 2 heteroatoms. The predicted molar refractivity (Wildman–Crippen MR) is 76.2 cm³/mol. The van der Waals surface area contributed by atoms with E-state index in [1.165, 1.54) is 50.8 Å². The monoisotopic (exact) mass is 243 g/mol. The van der Waals surface area contributed by atoms with Crippen molar-refractivity contribution in [1.82, 2.24) is 5.32 Å². The minimum Gasteiger partial charge on any atom is -0.314 e. The second-order valence-corrected chi connectivity index (χ2v) is 6.52. The van der Waals surface area contributed by atoms with Crippen molar-refractivity contribution in [2.75, 3.05) is 18.6 Å². The molecule has 0 heterocycles. The fourth-order valence-corrected chi connectivity index (χ4v) is 2.90. The zero-order valence-corrected chi connectivity index (χ0v) is 12.1. The molecule has 16 heavy (non-hydrogen) atoms. The summed E-state index contributed by atoms with van der Waals surface area (Å²) in [6, 6.07) is 0.846. The lowest BCUT2D eigenvalue weighted by molar-refractivity contribution is 0.168. The average Bonchev–Trinajstić information content (AvgIpc) is 2.18. The van der Waals surface area contributed by atoms with Gasteiger partial charge in [-0.3, -0.25) is 0 Å². The van der Waals surface area contributed by atoms with Crippen LogP contribution < -0.4 is 5.32 Å². The van der Waals surface area contributed by atoms with E-state index in [1.807, 2.05) is 11.8 Å². The predicted octanol–water partition coefficient (Wildman–Crippen LogP) is 3.93. The van der Waals surface area contributed by atoms with Crippen LogP contribution in [0, 0.1) is 11.8 Å². The minimum absolute atomic E-state index is 0.846. The van der Waals surface area contributed by atoms with Crippen molar-refractivity contribution in [3.05, 3.63) is 0 Å². The zero-order chi connectivity index (χ0) is 11.8. The van der Waals surface area contributed by atoms with Crippen LogP contribution >= 0.6 is 11.8 Å². The van der Waals surface area contributed by atoms with Crippen LogP contribution in [0.3, 0.4) is 0 Å². The van der Waals surface area contributed by atoms with Gasteiger partial charge < -0.3 is 5.32 Å². The van der Waals surface area contributed by atoms with Crippen molar-refractivity contribution in [3.63, 3.8) is 0 Å². The maximum absolute atomic E-state index is 3.69. The summed E-state index contributed by atoms with van der Waals surface area (Å²) in [4.78, 5) is 0. The Labute approximate surface area is 106 Å². The van der Waals surface area contributed by atoms with Gasteiger partial charge in [0.15, 0.2) is 0 Å². The molecule has 0 unspecified atom stereocenters. The van der Waals surface area contributed by atoms with E-state index in [0.29, 0.717) is 0 Å². The lowest BCUT2D eigenvalue weighted by atomic mass is 9.74. The largest absolute Gasteiger partial charge is 0.314 e. The second-order valence-electron chi connectivity index (χ2n) is 5.53. The molecular weight excluding hydrogens is 214 g/mol. The third-order valence-electron chi connectivity index (χ3n) is 3.83. The molecule has 0 amide bonds. The first-order valence-corrected chi connectivity index (χ1v) is 8.35. The molecule has 96 valence electrons. The van der Waals surface area contributed by atoms with Crippen LogP contribution in [-0.4, -0.2) is 24.6 Å². The Balaban J connectivity index is 1.79. The van der Waals surface area contributed by atoms with Gasteiger partial charge in [0, 0.05) is 6.04 Å². The summed E-state index contributed by atoms with van der Waals surface area (Å²) in [7, 11) is 0. The summed E-state index contributed by atoms with van der Waals surface area (Å²) >= 11 is 1.97. The van der Waals surface area contributed by atoms with E-state index in [1.54, 1.807) is 0 Å². The molecule has 1 fully saturated rings. The Kier molecular flexibility index (Phi) is 7.55. The summed E-state index contributed by atoms with van der Waals surface area (Å²) in [5.74, 6) is 3.23. The highest BCUT2D eigenvalue weighted by molar-refractivity contribution is 7.98. The molecule has 0 atom stereocenters. The smallest absolute Gasteiger partial charge is 0.00725 e. The van der Waals surface area contributed by atoms with Gasteiger partial charge in [-0.1, -0.05) is 26.7 Å². The summed E-state index contributed by atoms with van der Waals surface area (Å²) in [5, 5.41) is 3.69. The molecule has 0 aliphatic heterocycles. The molecule has 0 aromatic rings. The van der Waals surface area contributed by atoms with Gasteiger partial charge in [0.1, 0.15) is 0 Å². The molecule has 0 aromatic carbocycles. The molecule has 0 spiro atoms. The van der Waals surface area contributed by atoms with Gasteiger partial charge in [-0.15, -0.1) is 0 Å². The SMILES string of the molecule is CSCCCCCCNC1CC(C(C)C)C1. The molecular formula is C14H29NS. The third-order valence-corrected chi connectivity index (χ3v) is 4.52. The molecule has 1 aliphatic carbocycles. The third kappa shape index (κ3) is 5.58. The first kappa shape index (κ1) is 14.4. The Morgan fingerprint density at radius 3 is 2.44 bits per heavy atom. The van der Waals surface area contributed by atoms with Crippen LogP contribution in [0.25, 0.3) is 0 Å². The molecule has 1 nitrogen and oxygen atoms in total. The van der Waals surface area contributed by atoms with Gasteiger partial charge >= 0.3 is 0 Å². The summed E-state index contributed by atoms with van der Waals surface area (Å²) in [5.41, 5.74) is 0. The van der Waals surface area contributed by atoms with Crippen LogP contribution in [-0.2, 0) is 0 Å². The lowest BCUT2D eigenvalue weighted by Gasteiger charge is -2.38. The van der Waals surface area contributed by atoms with Crippen LogP contribution in [0.5, 0.6) is 0 Å². The second kappa shape index (κ2) is 8.41. The summed E-state index contributed by atoms with van der Waals surface area (Å²) in [6.07, 6.45) is 10.6. The van der Waals surface area contributed by atoms with E-state index >= 15 is 0 Å². The number of nitrogens with one attached hydrogen (secondary N) is 1. The molecule has 1 saturated carbocycles. The summed E-state index contributed by atoms with van der Waals surface area (Å²) < 4.78 is 0. The minimum atomic E-state index is 0.846. The molecule has 0 radical (unpaired) electrons. The van der Waals surface area contributed by atoms with Gasteiger partial charge in [0.25, 0.3) is 0 Å². The van der Waals surface area contributed by atoms with E-state index in [2.05, 4.69) is 25.4 Å². The van der Waals surface area contributed by atoms with Gasteiger partial charge in [-0.2, -0.15) is 11.8 Å². The van der Waals surface area contributed by atoms with Gasteiger partial charge in [-0.25, -0.2) is 0 Å². The number of rotatable bonds is 9. The van der Waals surface area contributed by atoms with E-state index in [4.69, 9.17) is 0 Å². The Hall–Kier alpha value is 0.310. The fourth-order valence-electron chi connectivity index (χ4n) is 2.40. The number of hydrogen-bond acceptors (Lipinski definition) is 2. The highest BCUT2D eigenvalue weighted by Gasteiger charge is 2.30. The van der Waals surface area contributed by atoms with Crippen molar-refractivity contribution in [2.45, 2.75) is 58.4 Å². The van der Waals surface area contributed by atoms with Crippen LogP contribution in [0.2, 0.25) is 0 Å². The van der Waals surface area contributed by atoms with Gasteiger partial charge in [-0.05, 0) is 56.1 Å². The number of thioether (sulfide) groups is 1. The van der Waals surface area contributed by atoms with Crippen molar-refractivity contribution in [1.29, 1.82) is 0 Å². The van der Waals surface area contributed by atoms with E-state index < -0.39 is 0 Å². The molecule has 0 saturated heterocycles. The highest BCUT2D eigenvalue weighted by Crippen LogP contribution is 2.33. The van der Waals surface area contributed by atoms with Crippen LogP contribution in [0.4, 0.5) is 0 Å². The summed E-state index contributed by atoms with van der Waals surface area (Å²) in [6.45, 7) is 5.95. The zero-order valence-electron chi connectivity index (χ0n) is 11.3. The standard InChI is InChI=1S/C14H29NS/c1-12(2)13-10-14(11-13)15-8-6-4-5-7-9-16-3/h12-15H,4-11H2,1-3H3. The van der Waals surface area contributed by atoms with Crippen LogP contribution in [0.15, 0.2) is 0 Å². The van der Waals surface area contributed by atoms with E-state index in [9.17, 15) is 0 Å². The fraction of sp³-hybridized carbons (Fsp3) is 1.00. The van der Waals surface area contributed by atoms with Crippen molar-refractivity contribution < 1.29 is 0 Å². The first-order chi connectivity index (χ1) is 7.74. The highest BCUT2D eigenvalue weighted by atomic mass is 32.2. The maximum atomic E-state index is 3.69. The topological polar surface area (TPSA) is 12.0 Å². The molecule has 1 N–H and O–H groups in total. The normalized spacial score (nSPS) is 24.8. The van der Waals surface area contributed by atoms with E-state index in [-0.39, 0.29) is 0 Å². The van der Waals surface area contributed by atoms with E-state index in [0.717, 1.165) is 17.9 Å². The maximum Gasteiger partial charge on any atom is 0.00725 e. The first-order valence-electron chi connectivity index (χ1n) is 6.96. The van der Waals surface area contributed by atoms with Crippen molar-refractivity contribution in [3.8, 4) is 0 Å². The Morgan fingerprint density at radius 1 is 1.12 bits per heavy atom.